The Hall–Kier alpha value is -1.66. The molecule has 2 aromatic heterocycles. The van der Waals surface area contributed by atoms with E-state index in [4.69, 9.17) is 10.5 Å². The van der Waals surface area contributed by atoms with Crippen LogP contribution in [0.25, 0.3) is 5.52 Å². The summed E-state index contributed by atoms with van der Waals surface area (Å²) in [5.41, 5.74) is 6.15. The first kappa shape index (κ1) is 12.8. The summed E-state index contributed by atoms with van der Waals surface area (Å²) in [6.45, 7) is 3.64. The average Bonchev–Trinajstić information content (AvgIpc) is 2.85. The molecule has 0 aliphatic carbocycles. The number of nitrogens with zero attached hydrogens (tertiary/aromatic N) is 3. The van der Waals surface area contributed by atoms with Gasteiger partial charge in [0.2, 0.25) is 0 Å². The van der Waals surface area contributed by atoms with Crippen molar-refractivity contribution in [3.8, 4) is 0 Å². The van der Waals surface area contributed by atoms with E-state index in [-0.39, 0.29) is 11.7 Å². The third-order valence-electron chi connectivity index (χ3n) is 2.90. The van der Waals surface area contributed by atoms with Gasteiger partial charge in [-0.2, -0.15) is 5.10 Å². The second-order valence-electron chi connectivity index (χ2n) is 4.06. The van der Waals surface area contributed by atoms with Gasteiger partial charge >= 0.3 is 0 Å². The molecule has 6 nitrogen and oxygen atoms in total. The molecule has 0 fully saturated rings. The van der Waals surface area contributed by atoms with E-state index in [0.29, 0.717) is 25.2 Å². The van der Waals surface area contributed by atoms with Crippen LogP contribution in [0.3, 0.4) is 0 Å². The van der Waals surface area contributed by atoms with Crippen LogP contribution in [0.4, 0.5) is 0 Å². The normalized spacial score (nSPS) is 13.0. The Labute approximate surface area is 105 Å². The summed E-state index contributed by atoms with van der Waals surface area (Å²) in [5.74, 6) is 0. The van der Waals surface area contributed by atoms with Gasteiger partial charge in [-0.1, -0.05) is 0 Å². The van der Waals surface area contributed by atoms with E-state index in [1.165, 1.54) is 0 Å². The first-order valence-electron chi connectivity index (χ1n) is 6.10. The van der Waals surface area contributed by atoms with E-state index in [2.05, 4.69) is 5.10 Å². The fourth-order valence-electron chi connectivity index (χ4n) is 1.92. The summed E-state index contributed by atoms with van der Waals surface area (Å²) < 4.78 is 8.70. The van der Waals surface area contributed by atoms with Crippen molar-refractivity contribution in [3.63, 3.8) is 0 Å². The van der Waals surface area contributed by atoms with E-state index in [9.17, 15) is 4.79 Å². The molecule has 0 radical (unpaired) electrons. The average molecular weight is 250 g/mol. The van der Waals surface area contributed by atoms with Gasteiger partial charge in [-0.05, 0) is 19.4 Å². The molecule has 0 aliphatic heterocycles. The largest absolute Gasteiger partial charge is 0.377 e. The van der Waals surface area contributed by atoms with Gasteiger partial charge < -0.3 is 15.0 Å². The van der Waals surface area contributed by atoms with Gasteiger partial charge in [0.1, 0.15) is 5.52 Å². The van der Waals surface area contributed by atoms with Crippen LogP contribution in [0.15, 0.2) is 29.5 Å². The molecule has 0 saturated heterocycles. The Morgan fingerprint density at radius 2 is 2.33 bits per heavy atom. The first-order chi connectivity index (χ1) is 8.76. The van der Waals surface area contributed by atoms with Crippen LogP contribution in [0.5, 0.6) is 0 Å². The van der Waals surface area contributed by atoms with Crippen molar-refractivity contribution in [2.24, 2.45) is 5.73 Å². The van der Waals surface area contributed by atoms with Gasteiger partial charge in [-0.3, -0.25) is 4.79 Å². The van der Waals surface area contributed by atoms with E-state index in [1.807, 2.05) is 6.92 Å². The predicted molar refractivity (Wildman–Crippen MR) is 68.5 cm³/mol. The molecule has 1 unspecified atom stereocenters. The highest BCUT2D eigenvalue weighted by Crippen LogP contribution is 2.00. The lowest BCUT2D eigenvalue weighted by Crippen LogP contribution is -2.28. The topological polar surface area (TPSA) is 74.6 Å². The monoisotopic (exact) mass is 250 g/mol. The zero-order valence-corrected chi connectivity index (χ0v) is 10.5. The van der Waals surface area contributed by atoms with Crippen molar-refractivity contribution in [3.05, 3.63) is 35.0 Å². The summed E-state index contributed by atoms with van der Waals surface area (Å²) >= 11 is 0. The summed E-state index contributed by atoms with van der Waals surface area (Å²) in [4.78, 5) is 12.1. The fraction of sp³-hybridized carbons (Fsp3) is 0.500. The highest BCUT2D eigenvalue weighted by atomic mass is 16.5. The third-order valence-corrected chi connectivity index (χ3v) is 2.90. The molecule has 0 spiro atoms. The molecule has 0 aromatic carbocycles. The van der Waals surface area contributed by atoms with E-state index in [0.717, 1.165) is 6.42 Å². The van der Waals surface area contributed by atoms with Gasteiger partial charge in [-0.25, -0.2) is 4.52 Å². The number of fused-ring (bicyclic) bond motifs is 1. The second-order valence-corrected chi connectivity index (χ2v) is 4.06. The zero-order chi connectivity index (χ0) is 13.0. The molecule has 0 aliphatic rings. The maximum Gasteiger partial charge on any atom is 0.276 e. The maximum atomic E-state index is 12.1. The van der Waals surface area contributed by atoms with Crippen LogP contribution in [-0.4, -0.2) is 33.4 Å². The lowest BCUT2D eigenvalue weighted by atomic mass is 10.2. The minimum atomic E-state index is -0.0396. The number of aromatic nitrogens is 3. The molecule has 2 aromatic rings. The minimum absolute atomic E-state index is 0.00281. The van der Waals surface area contributed by atoms with E-state index < -0.39 is 0 Å². The lowest BCUT2D eigenvalue weighted by molar-refractivity contribution is 0.0597. The van der Waals surface area contributed by atoms with Gasteiger partial charge in [0.25, 0.3) is 5.56 Å². The molecule has 2 rings (SSSR count). The molecule has 1 atom stereocenters. The van der Waals surface area contributed by atoms with Crippen molar-refractivity contribution >= 4 is 5.52 Å². The first-order valence-corrected chi connectivity index (χ1v) is 6.10. The summed E-state index contributed by atoms with van der Waals surface area (Å²) in [6.07, 6.45) is 5.86. The maximum absolute atomic E-state index is 12.1. The smallest absolute Gasteiger partial charge is 0.276 e. The lowest BCUT2D eigenvalue weighted by Gasteiger charge is -2.15. The highest BCUT2D eigenvalue weighted by Gasteiger charge is 2.08. The molecule has 98 valence electrons. The quantitative estimate of drug-likeness (QED) is 0.797. The Morgan fingerprint density at radius 3 is 3.06 bits per heavy atom. The van der Waals surface area contributed by atoms with Crippen LogP contribution in [0.2, 0.25) is 0 Å². The Balaban J connectivity index is 2.12. The summed E-state index contributed by atoms with van der Waals surface area (Å²) in [5, 5.41) is 4.02. The molecule has 18 heavy (non-hydrogen) atoms. The van der Waals surface area contributed by atoms with Crippen LogP contribution >= 0.6 is 0 Å². The van der Waals surface area contributed by atoms with Gasteiger partial charge in [-0.15, -0.1) is 0 Å². The molecule has 6 heteroatoms. The molecular formula is C12H18N4O2. The van der Waals surface area contributed by atoms with Crippen LogP contribution in [0.1, 0.15) is 13.3 Å². The Kier molecular flexibility index (Phi) is 4.11. The second kappa shape index (κ2) is 5.79. The standard InChI is InChI=1S/C12H18N4O2/c1-2-18-10(9-13)4-6-15-7-8-16-11(12(15)17)3-5-14-16/h3,5,7-8,10H,2,4,6,9,13H2,1H3. The van der Waals surface area contributed by atoms with Crippen molar-refractivity contribution < 1.29 is 4.74 Å². The Morgan fingerprint density at radius 1 is 1.50 bits per heavy atom. The number of hydrogen-bond donors (Lipinski definition) is 1. The number of nitrogens with two attached hydrogens (primary N) is 1. The minimum Gasteiger partial charge on any atom is -0.377 e. The van der Waals surface area contributed by atoms with E-state index in [1.54, 1.807) is 33.7 Å². The number of aryl methyl sites for hydroxylation is 1. The van der Waals surface area contributed by atoms with Crippen molar-refractivity contribution in [1.82, 2.24) is 14.2 Å². The summed E-state index contributed by atoms with van der Waals surface area (Å²) in [6, 6.07) is 1.71. The SMILES string of the molecule is CCOC(CN)CCn1ccn2nccc2c1=O. The molecule has 0 amide bonds. The highest BCUT2D eigenvalue weighted by molar-refractivity contribution is 5.42. The molecule has 2 heterocycles. The molecular weight excluding hydrogens is 232 g/mol. The third kappa shape index (κ3) is 2.60. The van der Waals surface area contributed by atoms with Gasteiger partial charge in [0.05, 0.1) is 12.3 Å². The van der Waals surface area contributed by atoms with Gasteiger partial charge in [0, 0.05) is 32.1 Å². The number of ether oxygens (including phenoxy) is 1. The molecule has 0 saturated carbocycles. The Bertz CT molecular complexity index is 560. The van der Waals surface area contributed by atoms with E-state index >= 15 is 0 Å². The van der Waals surface area contributed by atoms with Crippen molar-refractivity contribution in [2.75, 3.05) is 13.2 Å². The van der Waals surface area contributed by atoms with Crippen LogP contribution in [-0.2, 0) is 11.3 Å². The van der Waals surface area contributed by atoms with Gasteiger partial charge in [0.15, 0.2) is 0 Å². The van der Waals surface area contributed by atoms with Crippen molar-refractivity contribution in [2.45, 2.75) is 26.0 Å². The molecule has 2 N–H and O–H groups in total. The number of rotatable bonds is 6. The summed E-state index contributed by atoms with van der Waals surface area (Å²) in [7, 11) is 0. The number of hydrogen-bond acceptors (Lipinski definition) is 4. The molecule has 0 bridgehead atoms. The van der Waals surface area contributed by atoms with Crippen molar-refractivity contribution in [1.29, 1.82) is 0 Å². The predicted octanol–water partition coefficient (Wildman–Crippen LogP) is 0.250. The zero-order valence-electron chi connectivity index (χ0n) is 10.5. The van der Waals surface area contributed by atoms with Crippen LogP contribution < -0.4 is 11.3 Å². The van der Waals surface area contributed by atoms with Crippen LogP contribution in [0, 0.1) is 0 Å². The fourth-order valence-corrected chi connectivity index (χ4v) is 1.92.